The first kappa shape index (κ1) is 91.3. The Bertz CT molecular complexity index is 1430. The minimum absolute atomic E-state index is 0.00187. The average Bonchev–Trinajstić information content (AvgIpc) is 3.74. The standard InChI is InChI=1S/C42H83NO4.C40H81NO3/c1-6-10-13-16-18-20-21-22-24-26-29-32-36-43(39(5)44)40(9-4)38-46-37-35-41(33-30-27-15-12-8-3)47-42(45)34-31-28-25-23-19-17-14-11-7-2;1-5-9-12-15-17-19-20-21-23-25-28-31-35-41-38(8-4)37-43-36-34-39(32-29-26-14-11-7-3)44-40(42)33-30-27-24-22-18-16-13-10-6-2/h40-41H,6-38H2,1-5H3;38-39,41H,5-37H2,1-4H3/t40-,41+;38-,39+/m00/s1. The topological polar surface area (TPSA) is 103 Å². The van der Waals surface area contributed by atoms with E-state index in [9.17, 15) is 14.4 Å². The van der Waals surface area contributed by atoms with Gasteiger partial charge in [-0.3, -0.25) is 14.4 Å². The SMILES string of the molecule is CCCCCCCCCCCCCCN(C(C)=O)[C@@H](CC)COCC[C@@H](CCCCCCC)OC(=O)CCCCCCCCCCC.CCCCCCCCCCCCCCN[C@@H](CC)COCC[C@@H](CCCCCCC)OC(=O)CCCCCCCCCCC. The largest absolute Gasteiger partial charge is 0.462 e. The lowest BCUT2D eigenvalue weighted by molar-refractivity contribution is -0.151. The summed E-state index contributed by atoms with van der Waals surface area (Å²) >= 11 is 0. The fourth-order valence-corrected chi connectivity index (χ4v) is 12.7. The minimum atomic E-state index is -0.0623. The maximum absolute atomic E-state index is 12.7. The molecule has 9 heteroatoms. The third-order valence-electron chi connectivity index (χ3n) is 19.1. The summed E-state index contributed by atoms with van der Waals surface area (Å²) < 4.78 is 24.2. The molecular formula is C82H164N2O7. The van der Waals surface area contributed by atoms with Crippen molar-refractivity contribution < 1.29 is 33.3 Å². The van der Waals surface area contributed by atoms with Crippen molar-refractivity contribution in [2.24, 2.45) is 0 Å². The summed E-state index contributed by atoms with van der Waals surface area (Å²) in [5.74, 6) is 0.115. The number of hydrogen-bond donors (Lipinski definition) is 1. The molecule has 0 aliphatic rings. The molecule has 0 unspecified atom stereocenters. The maximum Gasteiger partial charge on any atom is 0.306 e. The van der Waals surface area contributed by atoms with Gasteiger partial charge in [-0.2, -0.15) is 0 Å². The van der Waals surface area contributed by atoms with E-state index in [-0.39, 0.29) is 36.1 Å². The van der Waals surface area contributed by atoms with Gasteiger partial charge in [-0.25, -0.2) is 0 Å². The first-order chi connectivity index (χ1) is 44.7. The first-order valence-corrected chi connectivity index (χ1v) is 41.2. The predicted octanol–water partition coefficient (Wildman–Crippen LogP) is 25.6. The van der Waals surface area contributed by atoms with Gasteiger partial charge in [0, 0.05) is 45.2 Å². The molecule has 0 aromatic rings. The highest BCUT2D eigenvalue weighted by atomic mass is 16.6. The monoisotopic (exact) mass is 1290 g/mol. The maximum atomic E-state index is 12.7. The summed E-state index contributed by atoms with van der Waals surface area (Å²) in [6.45, 7) is 24.2. The molecular weight excluding hydrogens is 1120 g/mol. The predicted molar refractivity (Wildman–Crippen MR) is 397 cm³/mol. The van der Waals surface area contributed by atoms with Crippen molar-refractivity contribution in [1.29, 1.82) is 0 Å². The molecule has 91 heavy (non-hydrogen) atoms. The number of nitrogens with zero attached hydrogens (tertiary/aromatic N) is 1. The molecule has 0 rings (SSSR count). The second kappa shape index (κ2) is 77.3. The van der Waals surface area contributed by atoms with Gasteiger partial charge in [0.1, 0.15) is 12.2 Å². The molecule has 544 valence electrons. The van der Waals surface area contributed by atoms with Crippen molar-refractivity contribution in [3.63, 3.8) is 0 Å². The van der Waals surface area contributed by atoms with E-state index in [1.54, 1.807) is 6.92 Å². The molecule has 0 aliphatic carbocycles. The lowest BCUT2D eigenvalue weighted by atomic mass is 10.0. The Morgan fingerprint density at radius 1 is 0.319 bits per heavy atom. The number of carbonyl (C=O) groups excluding carboxylic acids is 3. The van der Waals surface area contributed by atoms with Gasteiger partial charge in [0.2, 0.25) is 5.91 Å². The number of nitrogens with one attached hydrogen (secondary N) is 1. The molecule has 0 heterocycles. The molecule has 4 atom stereocenters. The van der Waals surface area contributed by atoms with Crippen LogP contribution in [0.1, 0.15) is 448 Å². The molecule has 0 radical (unpaired) electrons. The molecule has 1 N–H and O–H groups in total. The smallest absolute Gasteiger partial charge is 0.306 e. The zero-order chi connectivity index (χ0) is 66.8. The number of hydrogen-bond acceptors (Lipinski definition) is 8. The number of unbranched alkanes of at least 4 members (excludes halogenated alkanes) is 46. The fraction of sp³-hybridized carbons (Fsp3) is 0.963. The van der Waals surface area contributed by atoms with E-state index in [0.29, 0.717) is 38.7 Å². The summed E-state index contributed by atoms with van der Waals surface area (Å²) in [5.41, 5.74) is 0. The summed E-state index contributed by atoms with van der Waals surface area (Å²) in [6, 6.07) is 0.534. The lowest BCUT2D eigenvalue weighted by Gasteiger charge is -2.30. The first-order valence-electron chi connectivity index (χ1n) is 41.2. The molecule has 0 saturated heterocycles. The van der Waals surface area contributed by atoms with Crippen LogP contribution in [0.25, 0.3) is 0 Å². The van der Waals surface area contributed by atoms with Crippen LogP contribution in [0.2, 0.25) is 0 Å². The van der Waals surface area contributed by atoms with E-state index in [1.165, 1.54) is 289 Å². The molecule has 1 amide bonds. The van der Waals surface area contributed by atoms with Crippen LogP contribution in [-0.4, -0.2) is 86.6 Å². The molecule has 0 aliphatic heterocycles. The molecule has 0 aromatic heterocycles. The Morgan fingerprint density at radius 2 is 0.604 bits per heavy atom. The van der Waals surface area contributed by atoms with Crippen LogP contribution in [-0.2, 0) is 33.3 Å². The quantitative estimate of drug-likeness (QED) is 0.0475. The summed E-state index contributed by atoms with van der Waals surface area (Å²) in [4.78, 5) is 39.9. The van der Waals surface area contributed by atoms with Gasteiger partial charge < -0.3 is 29.2 Å². The van der Waals surface area contributed by atoms with Crippen LogP contribution in [0.15, 0.2) is 0 Å². The van der Waals surface area contributed by atoms with Crippen LogP contribution in [0.4, 0.5) is 0 Å². The zero-order valence-corrected chi connectivity index (χ0v) is 63.3. The Balaban J connectivity index is 0. The Kier molecular flexibility index (Phi) is 77.6. The number of esters is 2. The van der Waals surface area contributed by atoms with Crippen LogP contribution in [0, 0.1) is 0 Å². The lowest BCUT2D eigenvalue weighted by Crippen LogP contribution is -2.42. The minimum Gasteiger partial charge on any atom is -0.462 e. The van der Waals surface area contributed by atoms with Crippen LogP contribution >= 0.6 is 0 Å². The molecule has 0 saturated carbocycles. The molecule has 0 fully saturated rings. The van der Waals surface area contributed by atoms with Crippen molar-refractivity contribution in [1.82, 2.24) is 10.2 Å². The highest BCUT2D eigenvalue weighted by molar-refractivity contribution is 5.73. The van der Waals surface area contributed by atoms with Crippen LogP contribution in [0.5, 0.6) is 0 Å². The van der Waals surface area contributed by atoms with Gasteiger partial charge >= 0.3 is 11.9 Å². The molecule has 0 spiro atoms. The summed E-state index contributed by atoms with van der Waals surface area (Å²) in [5, 5.41) is 3.72. The van der Waals surface area contributed by atoms with Gasteiger partial charge in [-0.1, -0.05) is 351 Å². The number of amides is 1. The fourth-order valence-electron chi connectivity index (χ4n) is 12.7. The Labute approximate surface area is 570 Å². The van der Waals surface area contributed by atoms with E-state index >= 15 is 0 Å². The third-order valence-corrected chi connectivity index (χ3v) is 19.1. The van der Waals surface area contributed by atoms with E-state index < -0.39 is 0 Å². The van der Waals surface area contributed by atoms with E-state index in [2.05, 4.69) is 60.7 Å². The molecule has 9 nitrogen and oxygen atoms in total. The number of carbonyl (C=O) groups is 3. The van der Waals surface area contributed by atoms with Crippen molar-refractivity contribution in [3.05, 3.63) is 0 Å². The molecule has 0 bridgehead atoms. The van der Waals surface area contributed by atoms with Crippen molar-refractivity contribution >= 4 is 17.8 Å². The van der Waals surface area contributed by atoms with Crippen molar-refractivity contribution in [3.8, 4) is 0 Å². The van der Waals surface area contributed by atoms with Crippen molar-refractivity contribution in [2.75, 3.05) is 39.5 Å². The average molecular weight is 1290 g/mol. The van der Waals surface area contributed by atoms with E-state index in [0.717, 1.165) is 103 Å². The summed E-state index contributed by atoms with van der Waals surface area (Å²) in [7, 11) is 0. The number of rotatable bonds is 74. The van der Waals surface area contributed by atoms with E-state index in [1.807, 2.05) is 4.90 Å². The van der Waals surface area contributed by atoms with Crippen molar-refractivity contribution in [2.45, 2.75) is 472 Å². The van der Waals surface area contributed by atoms with Crippen LogP contribution in [0.3, 0.4) is 0 Å². The Hall–Kier alpha value is -1.71. The highest BCUT2D eigenvalue weighted by Gasteiger charge is 2.21. The van der Waals surface area contributed by atoms with Gasteiger partial charge in [0.25, 0.3) is 0 Å². The third kappa shape index (κ3) is 69.5. The normalized spacial score (nSPS) is 12.8. The molecule has 0 aromatic carbocycles. The second-order valence-electron chi connectivity index (χ2n) is 28.1. The van der Waals surface area contributed by atoms with Gasteiger partial charge in [-0.15, -0.1) is 0 Å². The zero-order valence-electron chi connectivity index (χ0n) is 63.3. The Morgan fingerprint density at radius 3 is 0.912 bits per heavy atom. The summed E-state index contributed by atoms with van der Waals surface area (Å²) in [6.07, 6.45) is 74.1. The number of ether oxygens (including phenoxy) is 4. The van der Waals surface area contributed by atoms with Gasteiger partial charge in [0.05, 0.1) is 32.5 Å². The highest BCUT2D eigenvalue weighted by Crippen LogP contribution is 2.20. The van der Waals surface area contributed by atoms with Crippen LogP contribution < -0.4 is 5.32 Å². The van der Waals surface area contributed by atoms with Gasteiger partial charge in [0.15, 0.2) is 0 Å². The van der Waals surface area contributed by atoms with Gasteiger partial charge in [-0.05, 0) is 70.8 Å². The second-order valence-corrected chi connectivity index (χ2v) is 28.1. The van der Waals surface area contributed by atoms with E-state index in [4.69, 9.17) is 18.9 Å².